The lowest BCUT2D eigenvalue weighted by Gasteiger charge is -2.33. The number of hydrogen-bond donors (Lipinski definition) is 2. The van der Waals surface area contributed by atoms with Gasteiger partial charge in [0.05, 0.1) is 11.4 Å². The maximum Gasteiger partial charge on any atom is 0.321 e. The number of amides is 3. The molecule has 3 amide bonds. The van der Waals surface area contributed by atoms with Crippen molar-refractivity contribution < 1.29 is 22.4 Å². The van der Waals surface area contributed by atoms with Gasteiger partial charge in [0.15, 0.2) is 0 Å². The molecule has 0 unspecified atom stereocenters. The number of hydrogen-bond acceptors (Lipinski definition) is 5. The van der Waals surface area contributed by atoms with Crippen LogP contribution in [0.25, 0.3) is 0 Å². The number of benzene rings is 1. The maximum absolute atomic E-state index is 13.4. The smallest absolute Gasteiger partial charge is 0.321 e. The number of piperazine rings is 1. The summed E-state index contributed by atoms with van der Waals surface area (Å²) in [5.41, 5.74) is 0. The molecule has 0 aromatic heterocycles. The molecule has 1 saturated carbocycles. The molecule has 10 heteroatoms. The fraction of sp³-hybridized carbons (Fsp3) is 0.579. The van der Waals surface area contributed by atoms with Crippen molar-refractivity contribution >= 4 is 22.0 Å². The van der Waals surface area contributed by atoms with Crippen molar-refractivity contribution in [1.82, 2.24) is 19.8 Å². The van der Waals surface area contributed by atoms with E-state index in [-0.39, 0.29) is 30.6 Å². The monoisotopic (exact) mass is 426 g/mol. The summed E-state index contributed by atoms with van der Waals surface area (Å²) in [6.45, 7) is 1.12. The van der Waals surface area contributed by atoms with Crippen LogP contribution in [0, 0.1) is 5.82 Å². The van der Waals surface area contributed by atoms with Crippen molar-refractivity contribution in [3.8, 4) is 0 Å². The van der Waals surface area contributed by atoms with Crippen molar-refractivity contribution in [3.05, 3.63) is 30.1 Å². The van der Waals surface area contributed by atoms with Gasteiger partial charge in [-0.2, -0.15) is 4.31 Å². The Hall–Kier alpha value is -2.04. The number of rotatable bonds is 5. The second-order valence-electron chi connectivity index (χ2n) is 7.49. The van der Waals surface area contributed by atoms with Crippen LogP contribution in [0.3, 0.4) is 0 Å². The van der Waals surface area contributed by atoms with Gasteiger partial charge in [-0.05, 0) is 31.0 Å². The average molecular weight is 427 g/mol. The largest absolute Gasteiger partial charge is 0.335 e. The molecule has 1 heterocycles. The Balaban J connectivity index is 1.44. The Morgan fingerprint density at radius 3 is 2.41 bits per heavy atom. The van der Waals surface area contributed by atoms with E-state index in [0.29, 0.717) is 13.1 Å². The number of halogens is 1. The Morgan fingerprint density at radius 1 is 1.07 bits per heavy atom. The van der Waals surface area contributed by atoms with Gasteiger partial charge in [0.2, 0.25) is 15.9 Å². The summed E-state index contributed by atoms with van der Waals surface area (Å²) in [7, 11) is -3.77. The van der Waals surface area contributed by atoms with Gasteiger partial charge in [0.25, 0.3) is 0 Å². The molecule has 1 saturated heterocycles. The Morgan fingerprint density at radius 2 is 1.76 bits per heavy atom. The van der Waals surface area contributed by atoms with Gasteiger partial charge < -0.3 is 5.32 Å². The molecule has 2 fully saturated rings. The van der Waals surface area contributed by atoms with Crippen LogP contribution in [-0.4, -0.2) is 68.3 Å². The van der Waals surface area contributed by atoms with E-state index in [9.17, 15) is 22.4 Å². The topological polar surface area (TPSA) is 98.8 Å². The van der Waals surface area contributed by atoms with E-state index in [1.807, 2.05) is 0 Å². The second kappa shape index (κ2) is 9.64. The zero-order valence-corrected chi connectivity index (χ0v) is 17.1. The molecule has 1 aliphatic heterocycles. The molecule has 160 valence electrons. The van der Waals surface area contributed by atoms with Gasteiger partial charge in [-0.15, -0.1) is 0 Å². The molecule has 2 aliphatic rings. The fourth-order valence-electron chi connectivity index (χ4n) is 3.74. The van der Waals surface area contributed by atoms with Gasteiger partial charge in [-0.3, -0.25) is 15.0 Å². The van der Waals surface area contributed by atoms with Gasteiger partial charge in [0.1, 0.15) is 5.82 Å². The van der Waals surface area contributed by atoms with Gasteiger partial charge >= 0.3 is 6.03 Å². The van der Waals surface area contributed by atoms with Crippen LogP contribution in [0.1, 0.15) is 32.1 Å². The first-order valence-corrected chi connectivity index (χ1v) is 11.4. The van der Waals surface area contributed by atoms with Crippen LogP contribution in [0.5, 0.6) is 0 Å². The quantitative estimate of drug-likeness (QED) is 0.739. The predicted molar refractivity (Wildman–Crippen MR) is 105 cm³/mol. The molecule has 3 rings (SSSR count). The first-order valence-electron chi connectivity index (χ1n) is 9.93. The second-order valence-corrected chi connectivity index (χ2v) is 9.43. The number of nitrogens with one attached hydrogen (secondary N) is 2. The molecule has 8 nitrogen and oxygen atoms in total. The highest BCUT2D eigenvalue weighted by Gasteiger charge is 2.29. The molecule has 0 spiro atoms. The van der Waals surface area contributed by atoms with Crippen LogP contribution < -0.4 is 10.6 Å². The summed E-state index contributed by atoms with van der Waals surface area (Å²) in [4.78, 5) is 25.8. The number of carbonyl (C=O) groups is 2. The minimum absolute atomic E-state index is 0.0198. The summed E-state index contributed by atoms with van der Waals surface area (Å²) in [5.74, 6) is -1.02. The predicted octanol–water partition coefficient (Wildman–Crippen LogP) is 1.29. The summed E-state index contributed by atoms with van der Waals surface area (Å²) in [5, 5.41) is 5.17. The molecule has 2 N–H and O–H groups in total. The SMILES string of the molecule is O=C(CN1CCN(S(=O)(=O)c2cccc(F)c2)CC1)NC(=O)NC1CCCCC1. The lowest BCUT2D eigenvalue weighted by atomic mass is 9.96. The van der Waals surface area contributed by atoms with E-state index in [1.165, 1.54) is 28.9 Å². The molecule has 1 aliphatic carbocycles. The Labute approximate surface area is 170 Å². The van der Waals surface area contributed by atoms with Crippen molar-refractivity contribution in [2.75, 3.05) is 32.7 Å². The number of nitrogens with zero attached hydrogens (tertiary/aromatic N) is 2. The summed E-state index contributed by atoms with van der Waals surface area (Å²) in [6, 6.07) is 4.56. The standard InChI is InChI=1S/C19H27FN4O4S/c20-15-5-4-8-17(13-15)29(27,28)24-11-9-23(10-12-24)14-18(25)22-19(26)21-16-6-2-1-3-7-16/h4-5,8,13,16H,1-3,6-7,9-12,14H2,(H2,21,22,25,26). The first kappa shape index (κ1) is 21.7. The molecule has 29 heavy (non-hydrogen) atoms. The van der Waals surface area contributed by atoms with Crippen molar-refractivity contribution in [1.29, 1.82) is 0 Å². The van der Waals surface area contributed by atoms with Gasteiger partial charge in [0, 0.05) is 32.2 Å². The van der Waals surface area contributed by atoms with E-state index in [4.69, 9.17) is 0 Å². The van der Waals surface area contributed by atoms with Crippen molar-refractivity contribution in [3.63, 3.8) is 0 Å². The van der Waals surface area contributed by atoms with Crippen molar-refractivity contribution in [2.45, 2.75) is 43.0 Å². The number of urea groups is 1. The lowest BCUT2D eigenvalue weighted by Crippen LogP contribution is -2.52. The highest BCUT2D eigenvalue weighted by molar-refractivity contribution is 7.89. The summed E-state index contributed by atoms with van der Waals surface area (Å²) >= 11 is 0. The zero-order valence-electron chi connectivity index (χ0n) is 16.3. The third kappa shape index (κ3) is 5.97. The van der Waals surface area contributed by atoms with Crippen LogP contribution in [0.4, 0.5) is 9.18 Å². The van der Waals surface area contributed by atoms with E-state index in [2.05, 4.69) is 10.6 Å². The Kier molecular flexibility index (Phi) is 7.20. The average Bonchev–Trinajstić information content (AvgIpc) is 2.69. The normalized spacial score (nSPS) is 19.6. The minimum Gasteiger partial charge on any atom is -0.335 e. The molecule has 0 radical (unpaired) electrons. The fourth-order valence-corrected chi connectivity index (χ4v) is 5.20. The Bertz CT molecular complexity index is 834. The molecule has 0 bridgehead atoms. The van der Waals surface area contributed by atoms with Crippen LogP contribution in [0.2, 0.25) is 0 Å². The number of sulfonamides is 1. The summed E-state index contributed by atoms with van der Waals surface area (Å²) < 4.78 is 39.9. The third-order valence-corrected chi connectivity index (χ3v) is 7.22. The maximum atomic E-state index is 13.4. The number of carbonyl (C=O) groups excluding carboxylic acids is 2. The van der Waals surface area contributed by atoms with Gasteiger partial charge in [-0.1, -0.05) is 25.3 Å². The van der Waals surface area contributed by atoms with Crippen molar-refractivity contribution in [2.24, 2.45) is 0 Å². The van der Waals surface area contributed by atoms with Crippen LogP contribution >= 0.6 is 0 Å². The summed E-state index contributed by atoms with van der Waals surface area (Å²) in [6.07, 6.45) is 5.22. The zero-order chi connectivity index (χ0) is 20.9. The van der Waals surface area contributed by atoms with E-state index < -0.39 is 27.8 Å². The molecule has 1 aromatic carbocycles. The molecule has 1 aromatic rings. The number of imide groups is 1. The molecular weight excluding hydrogens is 399 g/mol. The highest BCUT2D eigenvalue weighted by Crippen LogP contribution is 2.19. The van der Waals surface area contributed by atoms with Crippen LogP contribution in [-0.2, 0) is 14.8 Å². The lowest BCUT2D eigenvalue weighted by molar-refractivity contribution is -0.121. The minimum atomic E-state index is -3.77. The molecular formula is C19H27FN4O4S. The first-order chi connectivity index (χ1) is 13.8. The molecule has 0 atom stereocenters. The van der Waals surface area contributed by atoms with E-state index in [1.54, 1.807) is 4.90 Å². The van der Waals surface area contributed by atoms with Gasteiger partial charge in [-0.25, -0.2) is 17.6 Å². The third-order valence-electron chi connectivity index (χ3n) is 5.33. The van der Waals surface area contributed by atoms with E-state index >= 15 is 0 Å². The van der Waals surface area contributed by atoms with E-state index in [0.717, 1.165) is 31.7 Å². The highest BCUT2D eigenvalue weighted by atomic mass is 32.2. The van der Waals surface area contributed by atoms with Crippen LogP contribution in [0.15, 0.2) is 29.2 Å².